The van der Waals surface area contributed by atoms with E-state index in [4.69, 9.17) is 0 Å². The van der Waals surface area contributed by atoms with Crippen molar-refractivity contribution in [1.82, 2.24) is 0 Å². The Morgan fingerprint density at radius 2 is 2.25 bits per heavy atom. The molecule has 0 radical (unpaired) electrons. The van der Waals surface area contributed by atoms with Gasteiger partial charge in [0.2, 0.25) is 0 Å². The molecule has 0 fully saturated rings. The van der Waals surface area contributed by atoms with Crippen LogP contribution in [0.5, 0.6) is 0 Å². The van der Waals surface area contributed by atoms with E-state index in [0.717, 1.165) is 3.57 Å². The van der Waals surface area contributed by atoms with Gasteiger partial charge < -0.3 is 10.0 Å². The van der Waals surface area contributed by atoms with Gasteiger partial charge >= 0.3 is 0 Å². The van der Waals surface area contributed by atoms with Gasteiger partial charge in [-0.15, -0.1) is 0 Å². The van der Waals surface area contributed by atoms with Crippen molar-refractivity contribution in [2.24, 2.45) is 0 Å². The van der Waals surface area contributed by atoms with Gasteiger partial charge in [0.15, 0.2) is 0 Å². The largest absolute Gasteiger partial charge is 0.392 e. The summed E-state index contributed by atoms with van der Waals surface area (Å²) in [6, 6.07) is 5.03. The highest BCUT2D eigenvalue weighted by Gasteiger charge is 2.18. The third kappa shape index (κ3) is 3.31. The van der Waals surface area contributed by atoms with Gasteiger partial charge in [0.1, 0.15) is 5.69 Å². The molecular weight excluding hydrogens is 323 g/mol. The number of hydrogen-bond donors (Lipinski definition) is 1. The van der Waals surface area contributed by atoms with Crippen molar-refractivity contribution in [3.63, 3.8) is 0 Å². The molecule has 1 rings (SSSR count). The summed E-state index contributed by atoms with van der Waals surface area (Å²) in [6.45, 7) is 2.01. The topological polar surface area (TPSA) is 66.6 Å². The first-order chi connectivity index (χ1) is 7.41. The Kier molecular flexibility index (Phi) is 4.48. The number of nitro benzene ring substituents is 1. The zero-order valence-electron chi connectivity index (χ0n) is 9.05. The fraction of sp³-hybridized carbons (Fsp3) is 0.400. The zero-order valence-corrected chi connectivity index (χ0v) is 11.2. The van der Waals surface area contributed by atoms with E-state index in [1.807, 2.05) is 22.6 Å². The van der Waals surface area contributed by atoms with Crippen molar-refractivity contribution >= 4 is 34.0 Å². The first kappa shape index (κ1) is 13.2. The lowest BCUT2D eigenvalue weighted by Gasteiger charge is -2.20. The number of likely N-dealkylation sites (N-methyl/N-ethyl adjacent to an activating group) is 1. The summed E-state index contributed by atoms with van der Waals surface area (Å²) in [4.78, 5) is 12.2. The van der Waals surface area contributed by atoms with E-state index < -0.39 is 11.0 Å². The molecule has 0 aliphatic carbocycles. The summed E-state index contributed by atoms with van der Waals surface area (Å²) in [5, 5.41) is 20.1. The Balaban J connectivity index is 3.07. The molecule has 0 aliphatic rings. The molecule has 0 aliphatic heterocycles. The molecule has 1 aromatic carbocycles. The van der Waals surface area contributed by atoms with E-state index >= 15 is 0 Å². The van der Waals surface area contributed by atoms with Crippen LogP contribution in [0.2, 0.25) is 0 Å². The second kappa shape index (κ2) is 5.44. The van der Waals surface area contributed by atoms with Crippen molar-refractivity contribution in [3.8, 4) is 0 Å². The molecule has 0 aromatic heterocycles. The number of hydrogen-bond acceptors (Lipinski definition) is 4. The molecule has 6 heteroatoms. The maximum Gasteiger partial charge on any atom is 0.293 e. The number of nitro groups is 1. The Labute approximate surface area is 107 Å². The van der Waals surface area contributed by atoms with Crippen LogP contribution in [0.3, 0.4) is 0 Å². The van der Waals surface area contributed by atoms with Crippen LogP contribution in [0.15, 0.2) is 18.2 Å². The minimum Gasteiger partial charge on any atom is -0.392 e. The molecule has 1 aromatic rings. The maximum atomic E-state index is 10.9. The molecule has 1 atom stereocenters. The van der Waals surface area contributed by atoms with Gasteiger partial charge in [-0.05, 0) is 41.6 Å². The average Bonchev–Trinajstić information content (AvgIpc) is 2.16. The summed E-state index contributed by atoms with van der Waals surface area (Å²) in [7, 11) is 1.72. The van der Waals surface area contributed by atoms with Crippen LogP contribution < -0.4 is 4.90 Å². The highest BCUT2D eigenvalue weighted by atomic mass is 127. The molecule has 0 saturated heterocycles. The van der Waals surface area contributed by atoms with E-state index in [1.54, 1.807) is 31.0 Å². The van der Waals surface area contributed by atoms with Crippen molar-refractivity contribution < 1.29 is 10.0 Å². The number of anilines is 1. The lowest BCUT2D eigenvalue weighted by Crippen LogP contribution is -2.27. The lowest BCUT2D eigenvalue weighted by atomic mass is 10.2. The molecule has 0 saturated carbocycles. The third-order valence-corrected chi connectivity index (χ3v) is 2.75. The van der Waals surface area contributed by atoms with Crippen LogP contribution in [0, 0.1) is 13.7 Å². The lowest BCUT2D eigenvalue weighted by molar-refractivity contribution is -0.384. The van der Waals surface area contributed by atoms with Crippen molar-refractivity contribution in [2.75, 3.05) is 18.5 Å². The molecule has 0 heterocycles. The number of halogens is 1. The van der Waals surface area contributed by atoms with Crippen LogP contribution in [-0.4, -0.2) is 29.7 Å². The molecule has 88 valence electrons. The highest BCUT2D eigenvalue weighted by Crippen LogP contribution is 2.29. The van der Waals surface area contributed by atoms with E-state index in [0.29, 0.717) is 12.2 Å². The summed E-state index contributed by atoms with van der Waals surface area (Å²) < 4.78 is 0.818. The normalized spacial score (nSPS) is 12.2. The summed E-state index contributed by atoms with van der Waals surface area (Å²) in [6.07, 6.45) is -0.524. The predicted molar refractivity (Wildman–Crippen MR) is 70.8 cm³/mol. The van der Waals surface area contributed by atoms with E-state index in [1.165, 1.54) is 6.07 Å². The second-order valence-corrected chi connectivity index (χ2v) is 4.87. The fourth-order valence-corrected chi connectivity index (χ4v) is 1.94. The van der Waals surface area contributed by atoms with Gasteiger partial charge in [0, 0.05) is 23.2 Å². The minimum absolute atomic E-state index is 0.0649. The minimum atomic E-state index is -0.524. The summed E-state index contributed by atoms with van der Waals surface area (Å²) >= 11 is 2.03. The van der Waals surface area contributed by atoms with Crippen LogP contribution in [0.25, 0.3) is 0 Å². The standard InChI is InChI=1S/C10H13IN2O3/c1-7(14)6-12(2)9-4-3-8(11)5-10(9)13(15)16/h3-5,7,14H,6H2,1-2H3. The number of nitrogens with zero attached hydrogens (tertiary/aromatic N) is 2. The van der Waals surface area contributed by atoms with Gasteiger partial charge in [-0.3, -0.25) is 10.1 Å². The van der Waals surface area contributed by atoms with Gasteiger partial charge in [0.25, 0.3) is 5.69 Å². The molecule has 0 amide bonds. The molecule has 1 unspecified atom stereocenters. The second-order valence-electron chi connectivity index (χ2n) is 3.62. The Morgan fingerprint density at radius 1 is 1.62 bits per heavy atom. The van der Waals surface area contributed by atoms with Gasteiger partial charge in [-0.1, -0.05) is 0 Å². The third-order valence-electron chi connectivity index (χ3n) is 2.08. The number of aliphatic hydroxyl groups excluding tert-OH is 1. The van der Waals surface area contributed by atoms with Crippen LogP contribution in [0.1, 0.15) is 6.92 Å². The van der Waals surface area contributed by atoms with E-state index in [-0.39, 0.29) is 5.69 Å². The molecular formula is C10H13IN2O3. The van der Waals surface area contributed by atoms with Gasteiger partial charge in [-0.25, -0.2) is 0 Å². The average molecular weight is 336 g/mol. The first-order valence-corrected chi connectivity index (χ1v) is 5.83. The van der Waals surface area contributed by atoms with Crippen LogP contribution >= 0.6 is 22.6 Å². The van der Waals surface area contributed by atoms with Crippen LogP contribution in [-0.2, 0) is 0 Å². The van der Waals surface area contributed by atoms with Crippen molar-refractivity contribution in [1.29, 1.82) is 0 Å². The van der Waals surface area contributed by atoms with E-state index in [9.17, 15) is 15.2 Å². The Morgan fingerprint density at radius 3 is 2.75 bits per heavy atom. The molecule has 0 bridgehead atoms. The highest BCUT2D eigenvalue weighted by molar-refractivity contribution is 14.1. The number of benzene rings is 1. The maximum absolute atomic E-state index is 10.9. The SMILES string of the molecule is CC(O)CN(C)c1ccc(I)cc1[N+](=O)[O-]. The quantitative estimate of drug-likeness (QED) is 0.519. The number of aliphatic hydroxyl groups is 1. The molecule has 16 heavy (non-hydrogen) atoms. The first-order valence-electron chi connectivity index (χ1n) is 4.75. The fourth-order valence-electron chi connectivity index (χ4n) is 1.46. The van der Waals surface area contributed by atoms with Crippen molar-refractivity contribution in [2.45, 2.75) is 13.0 Å². The summed E-state index contributed by atoms with van der Waals surface area (Å²) in [5.74, 6) is 0. The molecule has 1 N–H and O–H groups in total. The van der Waals surface area contributed by atoms with E-state index in [2.05, 4.69) is 0 Å². The Bertz CT molecular complexity index is 396. The molecule has 0 spiro atoms. The predicted octanol–water partition coefficient (Wildman–Crippen LogP) is 2.02. The number of rotatable bonds is 4. The Hall–Kier alpha value is -0.890. The van der Waals surface area contributed by atoms with Crippen LogP contribution in [0.4, 0.5) is 11.4 Å². The van der Waals surface area contributed by atoms with Gasteiger partial charge in [0.05, 0.1) is 11.0 Å². The van der Waals surface area contributed by atoms with Gasteiger partial charge in [-0.2, -0.15) is 0 Å². The van der Waals surface area contributed by atoms with Crippen molar-refractivity contribution in [3.05, 3.63) is 31.9 Å². The zero-order chi connectivity index (χ0) is 12.3. The molecule has 5 nitrogen and oxygen atoms in total. The monoisotopic (exact) mass is 336 g/mol. The summed E-state index contributed by atoms with van der Waals surface area (Å²) in [5.41, 5.74) is 0.585. The smallest absolute Gasteiger partial charge is 0.293 e.